The number of amides is 2. The highest BCUT2D eigenvalue weighted by Crippen LogP contribution is 2.39. The molecule has 0 radical (unpaired) electrons. The fourth-order valence-corrected chi connectivity index (χ4v) is 4.06. The first-order valence-corrected chi connectivity index (χ1v) is 9.44. The van der Waals surface area contributed by atoms with Crippen molar-refractivity contribution in [3.8, 4) is 11.5 Å². The molecule has 1 saturated heterocycles. The largest absolute Gasteiger partial charge is 0.493 e. The highest BCUT2D eigenvalue weighted by atomic mass is 16.5. The van der Waals surface area contributed by atoms with Gasteiger partial charge in [-0.05, 0) is 48.2 Å². The number of carbonyl (C=O) groups is 2. The summed E-state index contributed by atoms with van der Waals surface area (Å²) in [4.78, 5) is 26.8. The molecule has 2 aliphatic rings. The normalized spacial score (nSPS) is 20.9. The number of methoxy groups -OCH3 is 2. The van der Waals surface area contributed by atoms with E-state index in [1.807, 2.05) is 18.2 Å². The van der Waals surface area contributed by atoms with Gasteiger partial charge in [0.25, 0.3) is 0 Å². The van der Waals surface area contributed by atoms with Crippen LogP contribution in [0.4, 0.5) is 0 Å². The molecule has 2 heterocycles. The van der Waals surface area contributed by atoms with Gasteiger partial charge in [-0.1, -0.05) is 0 Å². The van der Waals surface area contributed by atoms with Gasteiger partial charge >= 0.3 is 0 Å². The molecule has 1 aliphatic heterocycles. The Hall–Kier alpha value is -2.96. The number of carbonyl (C=O) groups excluding carboxylic acids is 2. The minimum absolute atomic E-state index is 0.0187. The Bertz CT molecular complexity index is 877. The van der Waals surface area contributed by atoms with Gasteiger partial charge in [0.05, 0.1) is 39.0 Å². The minimum Gasteiger partial charge on any atom is -0.493 e. The molecule has 28 heavy (non-hydrogen) atoms. The molecule has 1 aromatic carbocycles. The van der Waals surface area contributed by atoms with Crippen LogP contribution in [0.5, 0.6) is 11.5 Å². The molecule has 2 aromatic rings. The molecule has 0 bridgehead atoms. The number of hydrogen-bond acceptors (Lipinski definition) is 5. The molecule has 2 amide bonds. The molecule has 7 heteroatoms. The smallest absolute Gasteiger partial charge is 0.225 e. The average Bonchev–Trinajstić information content (AvgIpc) is 3.43. The fraction of sp³-hybridized carbons (Fsp3) is 0.429. The Morgan fingerprint density at radius 1 is 1.29 bits per heavy atom. The predicted octanol–water partition coefficient (Wildman–Crippen LogP) is 2.45. The number of hydrogen-bond donors (Lipinski definition) is 1. The number of nitrogens with one attached hydrogen (secondary N) is 1. The first-order chi connectivity index (χ1) is 13.6. The van der Waals surface area contributed by atoms with E-state index in [2.05, 4.69) is 5.32 Å². The lowest BCUT2D eigenvalue weighted by Gasteiger charge is -2.19. The van der Waals surface area contributed by atoms with E-state index in [0.29, 0.717) is 24.6 Å². The summed E-state index contributed by atoms with van der Waals surface area (Å²) >= 11 is 0. The molecule has 0 spiro atoms. The quantitative estimate of drug-likeness (QED) is 0.827. The standard InChI is InChI=1S/C21H24N2O5/c1-26-18-8-13-5-6-17(16(13)10-19(18)27-2)22-21(25)14-9-20(24)23(11-14)12-15-4-3-7-28-15/h3-4,7-8,10,14,17H,5-6,9,11-12H2,1-2H3,(H,22,25)/t14-,17+/m1/s1. The number of aryl methyl sites for hydroxylation is 1. The first kappa shape index (κ1) is 18.4. The Balaban J connectivity index is 1.42. The van der Waals surface area contributed by atoms with Crippen molar-refractivity contribution < 1.29 is 23.5 Å². The van der Waals surface area contributed by atoms with Crippen molar-refractivity contribution in [3.63, 3.8) is 0 Å². The lowest BCUT2D eigenvalue weighted by molar-refractivity contribution is -0.129. The zero-order chi connectivity index (χ0) is 19.7. The topological polar surface area (TPSA) is 81.0 Å². The van der Waals surface area contributed by atoms with Gasteiger partial charge in [-0.3, -0.25) is 9.59 Å². The van der Waals surface area contributed by atoms with Crippen molar-refractivity contribution in [2.45, 2.75) is 31.8 Å². The monoisotopic (exact) mass is 384 g/mol. The predicted molar refractivity (Wildman–Crippen MR) is 101 cm³/mol. The van der Waals surface area contributed by atoms with Crippen LogP contribution < -0.4 is 14.8 Å². The molecule has 148 valence electrons. The van der Waals surface area contributed by atoms with E-state index in [1.165, 1.54) is 0 Å². The molecule has 1 aromatic heterocycles. The van der Waals surface area contributed by atoms with Crippen LogP contribution in [0.3, 0.4) is 0 Å². The lowest BCUT2D eigenvalue weighted by Crippen LogP contribution is -2.34. The zero-order valence-electron chi connectivity index (χ0n) is 16.1. The highest BCUT2D eigenvalue weighted by Gasteiger charge is 2.36. The summed E-state index contributed by atoms with van der Waals surface area (Å²) in [6, 6.07) is 7.47. The van der Waals surface area contributed by atoms with Gasteiger partial charge in [0, 0.05) is 13.0 Å². The van der Waals surface area contributed by atoms with E-state index in [-0.39, 0.29) is 30.2 Å². The summed E-state index contributed by atoms with van der Waals surface area (Å²) < 4.78 is 16.1. The summed E-state index contributed by atoms with van der Waals surface area (Å²) in [6.45, 7) is 0.815. The van der Waals surface area contributed by atoms with Crippen LogP contribution in [0.1, 0.15) is 35.8 Å². The molecule has 7 nitrogen and oxygen atoms in total. The van der Waals surface area contributed by atoms with Gasteiger partial charge in [0.1, 0.15) is 5.76 Å². The molecule has 4 rings (SSSR count). The highest BCUT2D eigenvalue weighted by molar-refractivity contribution is 5.89. The van der Waals surface area contributed by atoms with E-state index in [9.17, 15) is 9.59 Å². The van der Waals surface area contributed by atoms with E-state index < -0.39 is 0 Å². The molecule has 1 N–H and O–H groups in total. The average molecular weight is 384 g/mol. The summed E-state index contributed by atoms with van der Waals surface area (Å²) in [5.41, 5.74) is 2.22. The van der Waals surface area contributed by atoms with Crippen molar-refractivity contribution in [2.24, 2.45) is 5.92 Å². The molecular formula is C21H24N2O5. The number of ether oxygens (including phenoxy) is 2. The molecule has 1 fully saturated rings. The molecule has 0 saturated carbocycles. The van der Waals surface area contributed by atoms with Crippen LogP contribution >= 0.6 is 0 Å². The maximum atomic E-state index is 12.8. The number of fused-ring (bicyclic) bond motifs is 1. The fourth-order valence-electron chi connectivity index (χ4n) is 4.06. The Morgan fingerprint density at radius 2 is 2.07 bits per heavy atom. The zero-order valence-corrected chi connectivity index (χ0v) is 16.1. The van der Waals surface area contributed by atoms with E-state index in [0.717, 1.165) is 29.7 Å². The van der Waals surface area contributed by atoms with Gasteiger partial charge in [0.2, 0.25) is 11.8 Å². The Kier molecular flexibility index (Phi) is 4.98. The van der Waals surface area contributed by atoms with Crippen molar-refractivity contribution >= 4 is 11.8 Å². The van der Waals surface area contributed by atoms with Crippen LogP contribution in [0.2, 0.25) is 0 Å². The van der Waals surface area contributed by atoms with Gasteiger partial charge in [-0.15, -0.1) is 0 Å². The number of likely N-dealkylation sites (tertiary alicyclic amines) is 1. The van der Waals surface area contributed by atoms with E-state index >= 15 is 0 Å². The SMILES string of the molecule is COc1cc2c(cc1OC)[C@@H](NC(=O)[C@@H]1CC(=O)N(Cc3ccco3)C1)CC2. The summed E-state index contributed by atoms with van der Waals surface area (Å²) in [6.07, 6.45) is 3.52. The van der Waals surface area contributed by atoms with Crippen LogP contribution in [0, 0.1) is 5.92 Å². The van der Waals surface area contributed by atoms with E-state index in [4.69, 9.17) is 13.9 Å². The number of nitrogens with zero attached hydrogens (tertiary/aromatic N) is 1. The number of benzene rings is 1. The third kappa shape index (κ3) is 3.44. The van der Waals surface area contributed by atoms with Crippen molar-refractivity contribution in [2.75, 3.05) is 20.8 Å². The second-order valence-corrected chi connectivity index (χ2v) is 7.26. The summed E-state index contributed by atoms with van der Waals surface area (Å²) in [5, 5.41) is 3.13. The summed E-state index contributed by atoms with van der Waals surface area (Å²) in [7, 11) is 3.22. The third-order valence-electron chi connectivity index (χ3n) is 5.55. The Labute approximate surface area is 163 Å². The molecule has 2 atom stereocenters. The van der Waals surface area contributed by atoms with E-state index in [1.54, 1.807) is 31.4 Å². The molecular weight excluding hydrogens is 360 g/mol. The number of rotatable bonds is 6. The van der Waals surface area contributed by atoms with Gasteiger partial charge in [0.15, 0.2) is 11.5 Å². The second kappa shape index (κ2) is 7.58. The minimum atomic E-state index is -0.341. The van der Waals surface area contributed by atoms with Gasteiger partial charge < -0.3 is 24.1 Å². The van der Waals surface area contributed by atoms with Crippen LogP contribution in [0.15, 0.2) is 34.9 Å². The molecule has 1 aliphatic carbocycles. The lowest BCUT2D eigenvalue weighted by atomic mass is 10.0. The van der Waals surface area contributed by atoms with Crippen molar-refractivity contribution in [1.29, 1.82) is 0 Å². The molecule has 0 unspecified atom stereocenters. The van der Waals surface area contributed by atoms with Gasteiger partial charge in [-0.25, -0.2) is 0 Å². The van der Waals surface area contributed by atoms with Crippen LogP contribution in [0.25, 0.3) is 0 Å². The van der Waals surface area contributed by atoms with Crippen molar-refractivity contribution in [3.05, 3.63) is 47.4 Å². The van der Waals surface area contributed by atoms with Crippen molar-refractivity contribution in [1.82, 2.24) is 10.2 Å². The Morgan fingerprint density at radius 3 is 2.79 bits per heavy atom. The van der Waals surface area contributed by atoms with Crippen LogP contribution in [-0.2, 0) is 22.6 Å². The maximum Gasteiger partial charge on any atom is 0.225 e. The third-order valence-corrected chi connectivity index (χ3v) is 5.55. The second-order valence-electron chi connectivity index (χ2n) is 7.26. The summed E-state index contributed by atoms with van der Waals surface area (Å²) in [5.74, 6) is 1.63. The van der Waals surface area contributed by atoms with Gasteiger partial charge in [-0.2, -0.15) is 0 Å². The first-order valence-electron chi connectivity index (χ1n) is 9.44. The maximum absolute atomic E-state index is 12.8. The number of furan rings is 1. The van der Waals surface area contributed by atoms with Crippen LogP contribution in [-0.4, -0.2) is 37.5 Å².